The molecule has 0 amide bonds. The van der Waals surface area contributed by atoms with Crippen molar-refractivity contribution >= 4 is 22.6 Å². The molecule has 0 bridgehead atoms. The van der Waals surface area contributed by atoms with Crippen LogP contribution < -0.4 is 14.8 Å². The molecule has 0 fully saturated rings. The molecule has 3 aromatic heterocycles. The summed E-state index contributed by atoms with van der Waals surface area (Å²) in [4.78, 5) is 12.3. The minimum atomic E-state index is 0.531. The largest absolute Gasteiger partial charge is 0.495 e. The summed E-state index contributed by atoms with van der Waals surface area (Å²) in [5.74, 6) is 1.30. The topological polar surface area (TPSA) is 72.1 Å². The number of aromatic amines is 1. The van der Waals surface area contributed by atoms with Gasteiger partial charge in [-0.25, -0.2) is 0 Å². The van der Waals surface area contributed by atoms with Gasteiger partial charge >= 0.3 is 0 Å². The van der Waals surface area contributed by atoms with Crippen LogP contribution in [0.2, 0.25) is 5.02 Å². The Morgan fingerprint density at radius 3 is 2.83 bits per heavy atom. The highest BCUT2D eigenvalue weighted by atomic mass is 35.5. The minimum Gasteiger partial charge on any atom is -0.495 e. The Kier molecular flexibility index (Phi) is 5.64. The van der Waals surface area contributed by atoms with Crippen LogP contribution in [0.5, 0.6) is 11.5 Å². The zero-order chi connectivity index (χ0) is 20.2. The van der Waals surface area contributed by atoms with Crippen LogP contribution in [0, 0.1) is 0 Å². The summed E-state index contributed by atoms with van der Waals surface area (Å²) in [7, 11) is 3.51. The van der Waals surface area contributed by atoms with Crippen LogP contribution >= 0.6 is 11.6 Å². The van der Waals surface area contributed by atoms with Crippen molar-refractivity contribution in [2.24, 2.45) is 0 Å². The highest BCUT2D eigenvalue weighted by molar-refractivity contribution is 6.32. The maximum Gasteiger partial charge on any atom is 0.146 e. The van der Waals surface area contributed by atoms with Gasteiger partial charge in [0, 0.05) is 35.6 Å². The molecule has 6 nitrogen and oxygen atoms in total. The van der Waals surface area contributed by atoms with E-state index in [1.165, 1.54) is 0 Å². The fourth-order valence-corrected chi connectivity index (χ4v) is 3.61. The number of hydrogen-bond acceptors (Lipinski definition) is 5. The Hall–Kier alpha value is -3.09. The molecule has 7 heteroatoms. The number of rotatable bonds is 7. The Bertz CT molecular complexity index is 1140. The van der Waals surface area contributed by atoms with Crippen LogP contribution in [-0.4, -0.2) is 42.3 Å². The standard InChI is InChI=1S/C22H21ClN4O2/c1-24-11-12-29-18-13-25-10-8-14(18)20-19(21-17(27-20)7-4-9-26-21)15-5-3-6-16(23)22(15)28-2/h3-10,13,24,27H,11-12H2,1-2H3. The third-order valence-electron chi connectivity index (χ3n) is 4.66. The Labute approximate surface area is 173 Å². The first kappa shape index (κ1) is 19.2. The first-order chi connectivity index (χ1) is 14.2. The first-order valence-electron chi connectivity index (χ1n) is 9.26. The fourth-order valence-electron chi connectivity index (χ4n) is 3.36. The summed E-state index contributed by atoms with van der Waals surface area (Å²) in [5, 5.41) is 3.63. The lowest BCUT2D eigenvalue weighted by atomic mass is 9.99. The zero-order valence-corrected chi connectivity index (χ0v) is 17.0. The van der Waals surface area contributed by atoms with E-state index in [1.807, 2.05) is 43.4 Å². The number of H-pyrrole nitrogens is 1. The van der Waals surface area contributed by atoms with Crippen LogP contribution in [0.15, 0.2) is 55.0 Å². The predicted molar refractivity (Wildman–Crippen MR) is 116 cm³/mol. The molecule has 0 aliphatic heterocycles. The number of para-hydroxylation sites is 1. The van der Waals surface area contributed by atoms with Gasteiger partial charge in [-0.3, -0.25) is 9.97 Å². The van der Waals surface area contributed by atoms with Crippen LogP contribution in [0.4, 0.5) is 0 Å². The molecule has 4 aromatic rings. The number of halogens is 1. The van der Waals surface area contributed by atoms with Gasteiger partial charge in [0.05, 0.1) is 35.1 Å². The maximum atomic E-state index is 6.41. The number of likely N-dealkylation sites (N-methyl/N-ethyl adjacent to an activating group) is 1. The molecule has 0 radical (unpaired) electrons. The number of hydrogen-bond donors (Lipinski definition) is 2. The van der Waals surface area contributed by atoms with E-state index in [0.29, 0.717) is 23.1 Å². The molecule has 0 aliphatic rings. The second kappa shape index (κ2) is 8.51. The van der Waals surface area contributed by atoms with Gasteiger partial charge in [-0.1, -0.05) is 23.7 Å². The number of pyridine rings is 2. The monoisotopic (exact) mass is 408 g/mol. The second-order valence-electron chi connectivity index (χ2n) is 6.42. The molecule has 0 aliphatic carbocycles. The molecule has 1 aromatic carbocycles. The van der Waals surface area contributed by atoms with Crippen molar-refractivity contribution < 1.29 is 9.47 Å². The Balaban J connectivity index is 1.97. The number of nitrogens with one attached hydrogen (secondary N) is 2. The minimum absolute atomic E-state index is 0.531. The summed E-state index contributed by atoms with van der Waals surface area (Å²) in [5.41, 5.74) is 5.29. The summed E-state index contributed by atoms with van der Waals surface area (Å²) in [6, 6.07) is 11.5. The average Bonchev–Trinajstić information content (AvgIpc) is 3.13. The van der Waals surface area contributed by atoms with Gasteiger partial charge in [-0.2, -0.15) is 0 Å². The molecule has 0 unspecified atom stereocenters. The van der Waals surface area contributed by atoms with Crippen molar-refractivity contribution in [1.82, 2.24) is 20.3 Å². The summed E-state index contributed by atoms with van der Waals surface area (Å²) in [6.45, 7) is 1.26. The van der Waals surface area contributed by atoms with Gasteiger partial charge in [0.25, 0.3) is 0 Å². The van der Waals surface area contributed by atoms with E-state index in [0.717, 1.165) is 40.0 Å². The molecule has 148 valence electrons. The normalized spacial score (nSPS) is 11.0. The van der Waals surface area contributed by atoms with Crippen molar-refractivity contribution in [3.05, 3.63) is 60.0 Å². The van der Waals surface area contributed by atoms with E-state index < -0.39 is 0 Å². The molecular weight excluding hydrogens is 388 g/mol. The van der Waals surface area contributed by atoms with E-state index >= 15 is 0 Å². The lowest BCUT2D eigenvalue weighted by molar-refractivity contribution is 0.318. The van der Waals surface area contributed by atoms with Crippen molar-refractivity contribution in [2.45, 2.75) is 0 Å². The molecular formula is C22H21ClN4O2. The SMILES string of the molecule is CNCCOc1cnccc1-c1[nH]c2cccnc2c1-c1cccc(Cl)c1OC. The quantitative estimate of drug-likeness (QED) is 0.439. The summed E-state index contributed by atoms with van der Waals surface area (Å²) < 4.78 is 11.6. The summed E-state index contributed by atoms with van der Waals surface area (Å²) >= 11 is 6.41. The fraction of sp³-hybridized carbons (Fsp3) is 0.182. The predicted octanol–water partition coefficient (Wildman–Crippen LogP) is 4.55. The summed E-state index contributed by atoms with van der Waals surface area (Å²) in [6.07, 6.45) is 5.25. The molecule has 4 rings (SSSR count). The lowest BCUT2D eigenvalue weighted by Gasteiger charge is -2.14. The van der Waals surface area contributed by atoms with Crippen LogP contribution in [-0.2, 0) is 0 Å². The maximum absolute atomic E-state index is 6.41. The van der Waals surface area contributed by atoms with Crippen LogP contribution in [0.25, 0.3) is 33.4 Å². The van der Waals surface area contributed by atoms with Crippen molar-refractivity contribution in [3.8, 4) is 33.9 Å². The van der Waals surface area contributed by atoms with Gasteiger partial charge < -0.3 is 19.8 Å². The van der Waals surface area contributed by atoms with Crippen molar-refractivity contribution in [1.29, 1.82) is 0 Å². The second-order valence-corrected chi connectivity index (χ2v) is 6.83. The molecule has 0 spiro atoms. The van der Waals surface area contributed by atoms with Gasteiger partial charge in [0.15, 0.2) is 0 Å². The molecule has 0 saturated carbocycles. The number of ether oxygens (including phenoxy) is 2. The lowest BCUT2D eigenvalue weighted by Crippen LogP contribution is -2.16. The number of benzene rings is 1. The Morgan fingerprint density at radius 2 is 2.00 bits per heavy atom. The smallest absolute Gasteiger partial charge is 0.146 e. The molecule has 0 atom stereocenters. The number of fused-ring (bicyclic) bond motifs is 1. The molecule has 3 heterocycles. The average molecular weight is 409 g/mol. The van der Waals surface area contributed by atoms with Gasteiger partial charge in [-0.15, -0.1) is 0 Å². The van der Waals surface area contributed by atoms with E-state index in [1.54, 1.807) is 25.7 Å². The van der Waals surface area contributed by atoms with Crippen LogP contribution in [0.3, 0.4) is 0 Å². The molecule has 0 saturated heterocycles. The zero-order valence-electron chi connectivity index (χ0n) is 16.2. The van der Waals surface area contributed by atoms with Crippen molar-refractivity contribution in [2.75, 3.05) is 27.3 Å². The van der Waals surface area contributed by atoms with E-state index in [9.17, 15) is 0 Å². The van der Waals surface area contributed by atoms with Crippen LogP contribution in [0.1, 0.15) is 0 Å². The van der Waals surface area contributed by atoms with Gasteiger partial charge in [0.1, 0.15) is 18.1 Å². The van der Waals surface area contributed by atoms with E-state index in [4.69, 9.17) is 21.1 Å². The number of nitrogens with zero attached hydrogens (tertiary/aromatic N) is 2. The van der Waals surface area contributed by atoms with Gasteiger partial charge in [-0.05, 0) is 31.3 Å². The van der Waals surface area contributed by atoms with Crippen molar-refractivity contribution in [3.63, 3.8) is 0 Å². The molecule has 2 N–H and O–H groups in total. The Morgan fingerprint density at radius 1 is 1.10 bits per heavy atom. The highest BCUT2D eigenvalue weighted by Gasteiger charge is 2.22. The highest BCUT2D eigenvalue weighted by Crippen LogP contribution is 2.45. The first-order valence-corrected chi connectivity index (χ1v) is 9.63. The van der Waals surface area contributed by atoms with E-state index in [-0.39, 0.29) is 0 Å². The molecule has 29 heavy (non-hydrogen) atoms. The third kappa shape index (κ3) is 3.64. The third-order valence-corrected chi connectivity index (χ3v) is 4.96. The van der Waals surface area contributed by atoms with E-state index in [2.05, 4.69) is 20.3 Å². The van der Waals surface area contributed by atoms with Gasteiger partial charge in [0.2, 0.25) is 0 Å². The number of aromatic nitrogens is 3. The number of methoxy groups -OCH3 is 1.